The van der Waals surface area contributed by atoms with Gasteiger partial charge < -0.3 is 5.32 Å². The number of imidazole rings is 1. The van der Waals surface area contributed by atoms with Crippen molar-refractivity contribution < 1.29 is 0 Å². The fraction of sp³-hybridized carbons (Fsp3) is 0.615. The van der Waals surface area contributed by atoms with E-state index in [1.54, 1.807) is 11.3 Å². The molecule has 0 spiro atoms. The standard InChI is InChI=1S/C13H19N3S3/c1-9-7-19-13-15-10(2)12(16(9)13)6-14-5-11-8-17-3-4-18-11/h7,11,14H,3-6,8H2,1-2H3. The first-order valence-corrected chi connectivity index (χ1v) is 9.66. The Labute approximate surface area is 126 Å². The van der Waals surface area contributed by atoms with E-state index >= 15 is 0 Å². The van der Waals surface area contributed by atoms with Crippen LogP contribution < -0.4 is 5.32 Å². The zero-order valence-electron chi connectivity index (χ0n) is 11.3. The molecule has 0 aliphatic carbocycles. The minimum Gasteiger partial charge on any atom is -0.310 e. The Morgan fingerprint density at radius 2 is 2.32 bits per heavy atom. The van der Waals surface area contributed by atoms with Crippen molar-refractivity contribution >= 4 is 39.8 Å². The van der Waals surface area contributed by atoms with Gasteiger partial charge in [-0.1, -0.05) is 0 Å². The second-order valence-corrected chi connectivity index (χ2v) is 8.23. The van der Waals surface area contributed by atoms with Crippen LogP contribution >= 0.6 is 34.9 Å². The maximum Gasteiger partial charge on any atom is 0.194 e. The third-order valence-corrected chi connectivity index (χ3v) is 7.17. The summed E-state index contributed by atoms with van der Waals surface area (Å²) < 4.78 is 2.29. The molecule has 1 N–H and O–H groups in total. The molecule has 0 aromatic carbocycles. The van der Waals surface area contributed by atoms with Crippen LogP contribution in [0.25, 0.3) is 4.96 Å². The summed E-state index contributed by atoms with van der Waals surface area (Å²) in [7, 11) is 0. The molecule has 0 amide bonds. The number of nitrogens with one attached hydrogen (secondary N) is 1. The van der Waals surface area contributed by atoms with Crippen molar-refractivity contribution in [2.75, 3.05) is 23.8 Å². The highest BCUT2D eigenvalue weighted by Crippen LogP contribution is 2.24. The number of hydrogen-bond acceptors (Lipinski definition) is 5. The topological polar surface area (TPSA) is 29.3 Å². The molecule has 1 unspecified atom stereocenters. The predicted octanol–water partition coefficient (Wildman–Crippen LogP) is 2.95. The van der Waals surface area contributed by atoms with Gasteiger partial charge in [-0.15, -0.1) is 11.3 Å². The Morgan fingerprint density at radius 1 is 1.42 bits per heavy atom. The van der Waals surface area contributed by atoms with E-state index in [1.165, 1.54) is 28.6 Å². The van der Waals surface area contributed by atoms with Gasteiger partial charge in [-0.2, -0.15) is 23.5 Å². The van der Waals surface area contributed by atoms with Gasteiger partial charge in [0.1, 0.15) is 0 Å². The van der Waals surface area contributed by atoms with Crippen LogP contribution in [0.15, 0.2) is 5.38 Å². The van der Waals surface area contributed by atoms with E-state index in [0.29, 0.717) is 0 Å². The van der Waals surface area contributed by atoms with Crippen molar-refractivity contribution in [3.8, 4) is 0 Å². The van der Waals surface area contributed by atoms with Gasteiger partial charge in [0.25, 0.3) is 0 Å². The lowest BCUT2D eigenvalue weighted by atomic mass is 10.3. The van der Waals surface area contributed by atoms with Crippen molar-refractivity contribution in [1.29, 1.82) is 0 Å². The van der Waals surface area contributed by atoms with E-state index in [1.807, 2.05) is 0 Å². The lowest BCUT2D eigenvalue weighted by molar-refractivity contribution is 0.666. The molecule has 1 atom stereocenters. The summed E-state index contributed by atoms with van der Waals surface area (Å²) in [6, 6.07) is 0. The quantitative estimate of drug-likeness (QED) is 0.940. The van der Waals surface area contributed by atoms with Crippen LogP contribution in [0, 0.1) is 13.8 Å². The molecule has 1 saturated heterocycles. The average Bonchev–Trinajstić information content (AvgIpc) is 2.92. The largest absolute Gasteiger partial charge is 0.310 e. The van der Waals surface area contributed by atoms with Gasteiger partial charge in [-0.3, -0.25) is 4.40 Å². The van der Waals surface area contributed by atoms with E-state index < -0.39 is 0 Å². The Hall–Kier alpha value is -0.170. The van der Waals surface area contributed by atoms with E-state index in [0.717, 1.165) is 29.0 Å². The van der Waals surface area contributed by atoms with Gasteiger partial charge in [0.2, 0.25) is 0 Å². The molecular weight excluding hydrogens is 294 g/mol. The number of thioether (sulfide) groups is 2. The van der Waals surface area contributed by atoms with Crippen molar-refractivity contribution in [1.82, 2.24) is 14.7 Å². The maximum absolute atomic E-state index is 4.63. The molecule has 3 heterocycles. The van der Waals surface area contributed by atoms with Gasteiger partial charge in [0.15, 0.2) is 4.96 Å². The van der Waals surface area contributed by atoms with Gasteiger partial charge in [-0.25, -0.2) is 4.98 Å². The van der Waals surface area contributed by atoms with Gasteiger partial charge in [-0.05, 0) is 13.8 Å². The molecule has 0 saturated carbocycles. The highest BCUT2D eigenvalue weighted by Gasteiger charge is 2.15. The summed E-state index contributed by atoms with van der Waals surface area (Å²) in [6.07, 6.45) is 0. The molecule has 2 aromatic rings. The fourth-order valence-corrected chi connectivity index (χ4v) is 5.96. The van der Waals surface area contributed by atoms with Crippen LogP contribution in [0.4, 0.5) is 0 Å². The van der Waals surface area contributed by atoms with E-state index in [2.05, 4.69) is 57.5 Å². The van der Waals surface area contributed by atoms with Crippen molar-refractivity contribution in [2.45, 2.75) is 25.6 Å². The van der Waals surface area contributed by atoms with Crippen molar-refractivity contribution in [3.63, 3.8) is 0 Å². The maximum atomic E-state index is 4.63. The van der Waals surface area contributed by atoms with Crippen molar-refractivity contribution in [2.24, 2.45) is 0 Å². The number of thiazole rings is 1. The van der Waals surface area contributed by atoms with Crippen LogP contribution in [0.5, 0.6) is 0 Å². The lowest BCUT2D eigenvalue weighted by Crippen LogP contribution is -2.29. The van der Waals surface area contributed by atoms with Gasteiger partial charge in [0, 0.05) is 46.7 Å². The number of aromatic nitrogens is 2. The highest BCUT2D eigenvalue weighted by molar-refractivity contribution is 8.06. The third kappa shape index (κ3) is 2.96. The van der Waals surface area contributed by atoms with E-state index in [-0.39, 0.29) is 0 Å². The first-order chi connectivity index (χ1) is 9.25. The molecule has 1 aliphatic rings. The molecule has 6 heteroatoms. The van der Waals surface area contributed by atoms with Crippen LogP contribution in [0.2, 0.25) is 0 Å². The normalized spacial score (nSPS) is 20.2. The monoisotopic (exact) mass is 313 g/mol. The second kappa shape index (κ2) is 6.08. The van der Waals surface area contributed by atoms with E-state index in [4.69, 9.17) is 0 Å². The minimum atomic E-state index is 0.769. The number of fused-ring (bicyclic) bond motifs is 1. The Kier molecular flexibility index (Phi) is 4.41. The summed E-state index contributed by atoms with van der Waals surface area (Å²) in [5.41, 5.74) is 3.77. The number of aryl methyl sites for hydroxylation is 2. The van der Waals surface area contributed by atoms with E-state index in [9.17, 15) is 0 Å². The summed E-state index contributed by atoms with van der Waals surface area (Å²) in [6.45, 7) is 6.29. The molecule has 19 heavy (non-hydrogen) atoms. The molecule has 1 fully saturated rings. The molecular formula is C13H19N3S3. The third-order valence-electron chi connectivity index (χ3n) is 3.38. The average molecular weight is 314 g/mol. The first kappa shape index (κ1) is 13.8. The Balaban J connectivity index is 1.64. The molecule has 0 bridgehead atoms. The summed E-state index contributed by atoms with van der Waals surface area (Å²) in [4.78, 5) is 5.75. The van der Waals surface area contributed by atoms with Crippen molar-refractivity contribution in [3.05, 3.63) is 22.5 Å². The molecule has 1 aliphatic heterocycles. The van der Waals surface area contributed by atoms with Gasteiger partial charge >= 0.3 is 0 Å². The van der Waals surface area contributed by atoms with Gasteiger partial charge in [0.05, 0.1) is 11.4 Å². The first-order valence-electron chi connectivity index (χ1n) is 6.58. The number of rotatable bonds is 4. The summed E-state index contributed by atoms with van der Waals surface area (Å²) in [5, 5.41) is 6.57. The predicted molar refractivity (Wildman–Crippen MR) is 87.8 cm³/mol. The SMILES string of the molecule is Cc1nc2scc(C)n2c1CNCC1CSCCS1. The minimum absolute atomic E-state index is 0.769. The fourth-order valence-electron chi connectivity index (χ4n) is 2.38. The number of nitrogens with zero attached hydrogens (tertiary/aromatic N) is 2. The summed E-state index contributed by atoms with van der Waals surface area (Å²) in [5.74, 6) is 3.91. The van der Waals surface area contributed by atoms with Crippen LogP contribution in [-0.4, -0.2) is 38.4 Å². The smallest absolute Gasteiger partial charge is 0.194 e. The molecule has 104 valence electrons. The van der Waals surface area contributed by atoms with Crippen LogP contribution in [-0.2, 0) is 6.54 Å². The Morgan fingerprint density at radius 3 is 3.11 bits per heavy atom. The zero-order valence-corrected chi connectivity index (χ0v) is 13.8. The summed E-state index contributed by atoms with van der Waals surface area (Å²) >= 11 is 5.92. The second-order valence-electron chi connectivity index (χ2n) is 4.84. The van der Waals surface area contributed by atoms with Crippen LogP contribution in [0.1, 0.15) is 17.1 Å². The Bertz CT molecular complexity index is 555. The molecule has 2 aromatic heterocycles. The zero-order chi connectivity index (χ0) is 13.2. The van der Waals surface area contributed by atoms with Crippen LogP contribution in [0.3, 0.4) is 0 Å². The molecule has 0 radical (unpaired) electrons. The molecule has 3 rings (SSSR count). The number of hydrogen-bond donors (Lipinski definition) is 1. The lowest BCUT2D eigenvalue weighted by Gasteiger charge is -2.21. The molecule has 3 nitrogen and oxygen atoms in total. The highest BCUT2D eigenvalue weighted by atomic mass is 32.2.